The van der Waals surface area contributed by atoms with Gasteiger partial charge in [-0.15, -0.1) is 0 Å². The topological polar surface area (TPSA) is 3.24 Å². The van der Waals surface area contributed by atoms with Crippen LogP contribution in [0.3, 0.4) is 0 Å². The Morgan fingerprint density at radius 2 is 2.00 bits per heavy atom. The van der Waals surface area contributed by atoms with Gasteiger partial charge in [-0.05, 0) is 23.1 Å². The second-order valence-corrected chi connectivity index (χ2v) is 4.35. The summed E-state index contributed by atoms with van der Waals surface area (Å²) in [5.41, 5.74) is 3.82. The first-order valence-corrected chi connectivity index (χ1v) is 6.14. The molecule has 0 aromatic heterocycles. The van der Waals surface area contributed by atoms with E-state index in [1.807, 2.05) is 0 Å². The van der Waals surface area contributed by atoms with E-state index in [2.05, 4.69) is 67.1 Å². The smallest absolute Gasteiger partial charge is 0.0427 e. The molecule has 1 aromatic carbocycles. The molecule has 0 amide bonds. The first kappa shape index (κ1) is 11.7. The van der Waals surface area contributed by atoms with E-state index in [0.29, 0.717) is 0 Å². The molecule has 88 valence electrons. The van der Waals surface area contributed by atoms with Crippen molar-refractivity contribution in [2.75, 3.05) is 6.54 Å². The van der Waals surface area contributed by atoms with Crippen molar-refractivity contribution < 1.29 is 0 Å². The Balaban J connectivity index is 2.14. The van der Waals surface area contributed by atoms with E-state index in [1.165, 1.54) is 11.1 Å². The predicted octanol–water partition coefficient (Wildman–Crippen LogP) is 3.91. The van der Waals surface area contributed by atoms with Gasteiger partial charge in [-0.1, -0.05) is 56.0 Å². The maximum atomic E-state index is 4.09. The highest BCUT2D eigenvalue weighted by molar-refractivity contribution is 5.38. The maximum Gasteiger partial charge on any atom is 0.0427 e. The number of benzene rings is 1. The van der Waals surface area contributed by atoms with E-state index >= 15 is 0 Å². The summed E-state index contributed by atoms with van der Waals surface area (Å²) in [7, 11) is 0. The Labute approximate surface area is 104 Å². The summed E-state index contributed by atoms with van der Waals surface area (Å²) in [6.45, 7) is 8.18. The molecule has 0 atom stereocenters. The van der Waals surface area contributed by atoms with E-state index in [-0.39, 0.29) is 0 Å². The first-order chi connectivity index (χ1) is 8.29. The summed E-state index contributed by atoms with van der Waals surface area (Å²) < 4.78 is 0. The van der Waals surface area contributed by atoms with Crippen LogP contribution in [0, 0.1) is 0 Å². The molecule has 0 saturated heterocycles. The van der Waals surface area contributed by atoms with Gasteiger partial charge in [-0.25, -0.2) is 0 Å². The zero-order valence-electron chi connectivity index (χ0n) is 10.4. The highest BCUT2D eigenvalue weighted by Crippen LogP contribution is 2.18. The Kier molecular flexibility index (Phi) is 3.81. The largest absolute Gasteiger partial charge is 0.369 e. The minimum atomic E-state index is 0.956. The Morgan fingerprint density at radius 1 is 1.24 bits per heavy atom. The fourth-order valence-corrected chi connectivity index (χ4v) is 2.04. The molecule has 17 heavy (non-hydrogen) atoms. The van der Waals surface area contributed by atoms with Crippen molar-refractivity contribution in [1.82, 2.24) is 4.90 Å². The van der Waals surface area contributed by atoms with E-state index in [9.17, 15) is 0 Å². The van der Waals surface area contributed by atoms with Gasteiger partial charge in [0.2, 0.25) is 0 Å². The normalized spacial score (nSPS) is 15.7. The first-order valence-electron chi connectivity index (χ1n) is 6.14. The van der Waals surface area contributed by atoms with Crippen molar-refractivity contribution in [3.05, 3.63) is 72.0 Å². The lowest BCUT2D eigenvalue weighted by molar-refractivity contribution is 0.407. The molecule has 0 spiro atoms. The van der Waals surface area contributed by atoms with Crippen molar-refractivity contribution in [1.29, 1.82) is 0 Å². The van der Waals surface area contributed by atoms with Crippen molar-refractivity contribution in [3.63, 3.8) is 0 Å². The Morgan fingerprint density at radius 3 is 2.71 bits per heavy atom. The third-order valence-electron chi connectivity index (χ3n) is 3.02. The minimum absolute atomic E-state index is 0.956. The van der Waals surface area contributed by atoms with Crippen LogP contribution in [0.15, 0.2) is 66.4 Å². The highest BCUT2D eigenvalue weighted by Gasteiger charge is 2.06. The molecular formula is C16H19N. The van der Waals surface area contributed by atoms with Crippen molar-refractivity contribution in [2.45, 2.75) is 19.9 Å². The molecule has 1 aliphatic rings. The Hall–Kier alpha value is -1.76. The number of hydrogen-bond acceptors (Lipinski definition) is 1. The molecular weight excluding hydrogens is 206 g/mol. The molecule has 0 aliphatic carbocycles. The van der Waals surface area contributed by atoms with Gasteiger partial charge in [-0.2, -0.15) is 0 Å². The van der Waals surface area contributed by atoms with Gasteiger partial charge < -0.3 is 4.90 Å². The maximum absolute atomic E-state index is 4.09. The zero-order chi connectivity index (χ0) is 12.1. The molecule has 0 bridgehead atoms. The lowest BCUT2D eigenvalue weighted by Gasteiger charge is -2.19. The van der Waals surface area contributed by atoms with Crippen LogP contribution in [-0.2, 0) is 6.54 Å². The van der Waals surface area contributed by atoms with Gasteiger partial charge in [0.25, 0.3) is 0 Å². The lowest BCUT2D eigenvalue weighted by atomic mass is 10.1. The summed E-state index contributed by atoms with van der Waals surface area (Å²) in [6.07, 6.45) is 7.59. The van der Waals surface area contributed by atoms with Crippen molar-refractivity contribution in [3.8, 4) is 0 Å². The van der Waals surface area contributed by atoms with Crippen LogP contribution in [0.25, 0.3) is 0 Å². The summed E-state index contributed by atoms with van der Waals surface area (Å²) in [5, 5.41) is 0. The average Bonchev–Trinajstić information content (AvgIpc) is 2.52. The molecule has 1 heteroatoms. The predicted molar refractivity (Wildman–Crippen MR) is 73.5 cm³/mol. The second kappa shape index (κ2) is 5.53. The summed E-state index contributed by atoms with van der Waals surface area (Å²) in [6, 6.07) is 10.6. The summed E-state index contributed by atoms with van der Waals surface area (Å²) in [4.78, 5) is 2.34. The number of rotatable bonds is 3. The molecule has 1 aliphatic heterocycles. The fourth-order valence-electron chi connectivity index (χ4n) is 2.04. The second-order valence-electron chi connectivity index (χ2n) is 4.35. The van der Waals surface area contributed by atoms with Crippen LogP contribution in [0.2, 0.25) is 0 Å². The van der Waals surface area contributed by atoms with E-state index in [1.54, 1.807) is 0 Å². The molecule has 0 fully saturated rings. The highest BCUT2D eigenvalue weighted by atomic mass is 15.1. The standard InChI is InChI=1S/C16H19N/c1-3-16-13-17(11-7-8-14(16)2)12-15-9-5-4-6-10-15/h4-10,13H,2-3,11-12H2,1H3. The van der Waals surface area contributed by atoms with Gasteiger partial charge in [-0.3, -0.25) is 0 Å². The summed E-state index contributed by atoms with van der Waals surface area (Å²) in [5.74, 6) is 0. The SMILES string of the molecule is C=C1C=CCN(Cc2ccccc2)C=C1CC. The van der Waals surface area contributed by atoms with Gasteiger partial charge in [0.1, 0.15) is 0 Å². The van der Waals surface area contributed by atoms with Gasteiger partial charge in [0, 0.05) is 19.3 Å². The third kappa shape index (κ3) is 3.10. The molecule has 0 saturated carbocycles. The monoisotopic (exact) mass is 225 g/mol. The molecule has 1 aromatic rings. The van der Waals surface area contributed by atoms with Crippen LogP contribution in [0.5, 0.6) is 0 Å². The zero-order valence-corrected chi connectivity index (χ0v) is 10.4. The number of hydrogen-bond donors (Lipinski definition) is 0. The molecule has 0 radical (unpaired) electrons. The molecule has 2 rings (SSSR count). The number of nitrogens with zero attached hydrogens (tertiary/aromatic N) is 1. The third-order valence-corrected chi connectivity index (χ3v) is 3.02. The van der Waals surface area contributed by atoms with E-state index in [4.69, 9.17) is 0 Å². The lowest BCUT2D eigenvalue weighted by Crippen LogP contribution is -2.16. The van der Waals surface area contributed by atoms with Crippen LogP contribution in [-0.4, -0.2) is 11.4 Å². The van der Waals surface area contributed by atoms with Gasteiger partial charge in [0.15, 0.2) is 0 Å². The van der Waals surface area contributed by atoms with Crippen molar-refractivity contribution in [2.24, 2.45) is 0 Å². The molecule has 0 N–H and O–H groups in total. The molecule has 1 nitrogen and oxygen atoms in total. The quantitative estimate of drug-likeness (QED) is 0.754. The average molecular weight is 225 g/mol. The van der Waals surface area contributed by atoms with Gasteiger partial charge >= 0.3 is 0 Å². The van der Waals surface area contributed by atoms with Crippen LogP contribution in [0.1, 0.15) is 18.9 Å². The molecule has 1 heterocycles. The Bertz CT molecular complexity index is 440. The van der Waals surface area contributed by atoms with Gasteiger partial charge in [0.05, 0.1) is 0 Å². The van der Waals surface area contributed by atoms with Crippen LogP contribution < -0.4 is 0 Å². The number of allylic oxidation sites excluding steroid dienone is 3. The van der Waals surface area contributed by atoms with Crippen LogP contribution in [0.4, 0.5) is 0 Å². The van der Waals surface area contributed by atoms with Crippen LogP contribution >= 0.6 is 0 Å². The summed E-state index contributed by atoms with van der Waals surface area (Å²) >= 11 is 0. The fraction of sp³-hybridized carbons (Fsp3) is 0.250. The van der Waals surface area contributed by atoms with E-state index < -0.39 is 0 Å². The minimum Gasteiger partial charge on any atom is -0.369 e. The van der Waals surface area contributed by atoms with Crippen molar-refractivity contribution >= 4 is 0 Å². The van der Waals surface area contributed by atoms with E-state index in [0.717, 1.165) is 25.1 Å². The molecule has 0 unspecified atom stereocenters.